The van der Waals surface area contributed by atoms with Gasteiger partial charge in [-0.25, -0.2) is 17.9 Å². The molecular formula is C17H28N4O4S. The van der Waals surface area contributed by atoms with E-state index in [9.17, 15) is 18.0 Å². The minimum Gasteiger partial charge on any atom is -0.340 e. The number of aromatic nitrogens is 3. The Morgan fingerprint density at radius 3 is 2.65 bits per heavy atom. The standard InChI is InChI=1S/C17H28N4O4S/c1-19(13-8-5-6-9-14(13)26(2,24)25)16(22)12-21-17(23)20-11-7-3-4-10-15(20)18-21/h13-14H,3-12H2,1-2H3/t13-,14-/m0/s1. The molecule has 1 aromatic rings. The molecule has 1 fully saturated rings. The van der Waals surface area contributed by atoms with E-state index in [1.807, 2.05) is 0 Å². The van der Waals surface area contributed by atoms with Crippen LogP contribution in [0.2, 0.25) is 0 Å². The van der Waals surface area contributed by atoms with Crippen LogP contribution in [0.4, 0.5) is 0 Å². The van der Waals surface area contributed by atoms with Gasteiger partial charge in [-0.2, -0.15) is 5.10 Å². The summed E-state index contributed by atoms with van der Waals surface area (Å²) in [4.78, 5) is 26.8. The number of aryl methyl sites for hydroxylation is 1. The Balaban J connectivity index is 1.76. The van der Waals surface area contributed by atoms with Crippen molar-refractivity contribution in [3.63, 3.8) is 0 Å². The first-order valence-corrected chi connectivity index (χ1v) is 11.4. The molecule has 1 aliphatic heterocycles. The topological polar surface area (TPSA) is 94.3 Å². The van der Waals surface area contributed by atoms with E-state index in [4.69, 9.17) is 0 Å². The number of hydrogen-bond donors (Lipinski definition) is 0. The average molecular weight is 385 g/mol. The third kappa shape index (κ3) is 3.87. The van der Waals surface area contributed by atoms with E-state index in [2.05, 4.69) is 5.10 Å². The third-order valence-corrected chi connectivity index (χ3v) is 7.32. The summed E-state index contributed by atoms with van der Waals surface area (Å²) in [6.07, 6.45) is 8.06. The van der Waals surface area contributed by atoms with Crippen molar-refractivity contribution in [2.75, 3.05) is 13.3 Å². The van der Waals surface area contributed by atoms with E-state index in [0.29, 0.717) is 19.4 Å². The first-order chi connectivity index (χ1) is 12.3. The maximum atomic E-state index is 12.7. The Morgan fingerprint density at radius 2 is 1.92 bits per heavy atom. The van der Waals surface area contributed by atoms with Crippen molar-refractivity contribution >= 4 is 15.7 Å². The quantitative estimate of drug-likeness (QED) is 0.757. The zero-order chi connectivity index (χ0) is 18.9. The van der Waals surface area contributed by atoms with Crippen molar-refractivity contribution in [2.45, 2.75) is 75.7 Å². The van der Waals surface area contributed by atoms with E-state index < -0.39 is 15.1 Å². The van der Waals surface area contributed by atoms with Gasteiger partial charge < -0.3 is 4.90 Å². The van der Waals surface area contributed by atoms with Gasteiger partial charge in [0.25, 0.3) is 0 Å². The lowest BCUT2D eigenvalue weighted by Crippen LogP contribution is -2.50. The van der Waals surface area contributed by atoms with Gasteiger partial charge in [0, 0.05) is 32.3 Å². The molecule has 0 unspecified atom stereocenters. The van der Waals surface area contributed by atoms with Crippen LogP contribution in [0, 0.1) is 0 Å². The minimum atomic E-state index is -3.22. The normalized spacial score (nSPS) is 23.9. The fourth-order valence-corrected chi connectivity index (χ4v) is 5.66. The SMILES string of the molecule is CN(C(=O)Cn1nc2n(c1=O)CCCCC2)[C@H]1CCCC[C@@H]1S(C)(=O)=O. The number of likely N-dealkylation sites (N-methyl/N-ethyl adjacent to an activating group) is 1. The zero-order valence-corrected chi connectivity index (χ0v) is 16.4. The Morgan fingerprint density at radius 1 is 1.19 bits per heavy atom. The van der Waals surface area contributed by atoms with Crippen LogP contribution in [-0.4, -0.2) is 58.2 Å². The van der Waals surface area contributed by atoms with Crippen LogP contribution in [0.25, 0.3) is 0 Å². The van der Waals surface area contributed by atoms with Crippen LogP contribution in [0.1, 0.15) is 50.8 Å². The van der Waals surface area contributed by atoms with Gasteiger partial charge in [0.05, 0.1) is 5.25 Å². The molecule has 0 N–H and O–H groups in total. The Kier molecular flexibility index (Phi) is 5.55. The molecule has 0 radical (unpaired) electrons. The van der Waals surface area contributed by atoms with Crippen LogP contribution >= 0.6 is 0 Å². The van der Waals surface area contributed by atoms with Gasteiger partial charge in [0.1, 0.15) is 12.4 Å². The average Bonchev–Trinajstić information content (AvgIpc) is 2.77. The number of rotatable bonds is 4. The van der Waals surface area contributed by atoms with Gasteiger partial charge in [0.15, 0.2) is 9.84 Å². The Hall–Kier alpha value is -1.64. The van der Waals surface area contributed by atoms with Crippen LogP contribution in [-0.2, 0) is 34.1 Å². The zero-order valence-electron chi connectivity index (χ0n) is 15.6. The second-order valence-electron chi connectivity index (χ2n) is 7.54. The number of sulfone groups is 1. The van der Waals surface area contributed by atoms with Crippen molar-refractivity contribution in [3.05, 3.63) is 16.3 Å². The van der Waals surface area contributed by atoms with Gasteiger partial charge in [0.2, 0.25) is 5.91 Å². The van der Waals surface area contributed by atoms with Crippen LogP contribution in [0.3, 0.4) is 0 Å². The molecule has 2 atom stereocenters. The number of hydrogen-bond acceptors (Lipinski definition) is 5. The number of carbonyl (C=O) groups excluding carboxylic acids is 1. The predicted octanol–water partition coefficient (Wildman–Crippen LogP) is 0.585. The third-order valence-electron chi connectivity index (χ3n) is 5.68. The van der Waals surface area contributed by atoms with Crippen molar-refractivity contribution < 1.29 is 13.2 Å². The molecule has 2 aliphatic rings. The summed E-state index contributed by atoms with van der Waals surface area (Å²) in [7, 11) is -1.58. The second kappa shape index (κ2) is 7.54. The first kappa shape index (κ1) is 19.1. The lowest BCUT2D eigenvalue weighted by Gasteiger charge is -2.36. The minimum absolute atomic E-state index is 0.137. The molecule has 0 saturated heterocycles. The maximum Gasteiger partial charge on any atom is 0.346 e. The second-order valence-corrected chi connectivity index (χ2v) is 9.81. The van der Waals surface area contributed by atoms with Gasteiger partial charge in [-0.1, -0.05) is 19.3 Å². The predicted molar refractivity (Wildman–Crippen MR) is 97.7 cm³/mol. The highest BCUT2D eigenvalue weighted by Gasteiger charge is 2.37. The van der Waals surface area contributed by atoms with Gasteiger partial charge in [-0.15, -0.1) is 0 Å². The highest BCUT2D eigenvalue weighted by atomic mass is 32.2. The molecule has 1 amide bonds. The summed E-state index contributed by atoms with van der Waals surface area (Å²) in [6, 6.07) is -0.331. The van der Waals surface area contributed by atoms with E-state index >= 15 is 0 Å². The number of nitrogens with zero attached hydrogens (tertiary/aromatic N) is 4. The van der Waals surface area contributed by atoms with E-state index in [1.165, 1.54) is 15.8 Å². The Labute approximate surface area is 154 Å². The maximum absolute atomic E-state index is 12.7. The van der Waals surface area contributed by atoms with Crippen molar-refractivity contribution in [2.24, 2.45) is 0 Å². The summed E-state index contributed by atoms with van der Waals surface area (Å²) in [5.41, 5.74) is -0.244. The summed E-state index contributed by atoms with van der Waals surface area (Å²) >= 11 is 0. The molecule has 9 heteroatoms. The molecule has 1 aromatic heterocycles. The monoisotopic (exact) mass is 384 g/mol. The molecule has 0 aromatic carbocycles. The van der Waals surface area contributed by atoms with E-state index in [1.54, 1.807) is 11.6 Å². The molecule has 3 rings (SSSR count). The molecule has 1 saturated carbocycles. The van der Waals surface area contributed by atoms with Gasteiger partial charge >= 0.3 is 5.69 Å². The van der Waals surface area contributed by atoms with Crippen LogP contribution in [0.5, 0.6) is 0 Å². The van der Waals surface area contributed by atoms with Crippen molar-refractivity contribution in [3.8, 4) is 0 Å². The summed E-state index contributed by atoms with van der Waals surface area (Å²) in [5.74, 6) is 0.482. The van der Waals surface area contributed by atoms with Crippen LogP contribution in [0.15, 0.2) is 4.79 Å². The molecule has 0 bridgehead atoms. The van der Waals surface area contributed by atoms with E-state index in [-0.39, 0.29) is 24.2 Å². The summed E-state index contributed by atoms with van der Waals surface area (Å²) in [5, 5.41) is 3.82. The highest BCUT2D eigenvalue weighted by Crippen LogP contribution is 2.27. The van der Waals surface area contributed by atoms with Gasteiger partial charge in [-0.05, 0) is 25.7 Å². The lowest BCUT2D eigenvalue weighted by atomic mass is 9.94. The fourth-order valence-electron chi connectivity index (χ4n) is 4.17. The van der Waals surface area contributed by atoms with Gasteiger partial charge in [-0.3, -0.25) is 9.36 Å². The fraction of sp³-hybridized carbons (Fsp3) is 0.824. The van der Waals surface area contributed by atoms with E-state index in [0.717, 1.165) is 44.3 Å². The molecule has 146 valence electrons. The molecule has 1 aliphatic carbocycles. The Bertz CT molecular complexity index is 826. The summed E-state index contributed by atoms with van der Waals surface area (Å²) in [6.45, 7) is 0.513. The largest absolute Gasteiger partial charge is 0.346 e. The van der Waals surface area contributed by atoms with Crippen LogP contribution < -0.4 is 5.69 Å². The molecular weight excluding hydrogens is 356 g/mol. The molecule has 26 heavy (non-hydrogen) atoms. The number of carbonyl (C=O) groups is 1. The first-order valence-electron chi connectivity index (χ1n) is 9.40. The molecule has 2 heterocycles. The number of amides is 1. The highest BCUT2D eigenvalue weighted by molar-refractivity contribution is 7.91. The molecule has 8 nitrogen and oxygen atoms in total. The number of fused-ring (bicyclic) bond motifs is 1. The molecule has 0 spiro atoms. The lowest BCUT2D eigenvalue weighted by molar-refractivity contribution is -0.133. The van der Waals surface area contributed by atoms with Crippen molar-refractivity contribution in [1.29, 1.82) is 0 Å². The smallest absolute Gasteiger partial charge is 0.340 e. The summed E-state index contributed by atoms with van der Waals surface area (Å²) < 4.78 is 27.1. The van der Waals surface area contributed by atoms with Crippen molar-refractivity contribution in [1.82, 2.24) is 19.2 Å².